The lowest BCUT2D eigenvalue weighted by Crippen LogP contribution is -2.25. The van der Waals surface area contributed by atoms with Crippen LogP contribution >= 0.6 is 0 Å². The van der Waals surface area contributed by atoms with Crippen LogP contribution in [0.2, 0.25) is 25.7 Å². The summed E-state index contributed by atoms with van der Waals surface area (Å²) in [5.41, 5.74) is 0.203. The van der Waals surface area contributed by atoms with E-state index in [1.165, 1.54) is 24.9 Å². The second kappa shape index (κ2) is 7.93. The van der Waals surface area contributed by atoms with Gasteiger partial charge in [-0.3, -0.25) is 9.36 Å². The summed E-state index contributed by atoms with van der Waals surface area (Å²) in [6.45, 7) is 7.41. The number of hydrogen-bond acceptors (Lipinski definition) is 4. The van der Waals surface area contributed by atoms with Crippen molar-refractivity contribution >= 4 is 29.7 Å². The van der Waals surface area contributed by atoms with Crippen LogP contribution in [-0.4, -0.2) is 33.5 Å². The van der Waals surface area contributed by atoms with Gasteiger partial charge in [-0.25, -0.2) is 4.39 Å². The van der Waals surface area contributed by atoms with Gasteiger partial charge in [0.1, 0.15) is 24.0 Å². The number of ether oxygens (including phenoxy) is 3. The average molecular weight is 404 g/mol. The maximum Gasteiger partial charge on any atom is 0.260 e. The van der Waals surface area contributed by atoms with Crippen molar-refractivity contribution in [2.24, 2.45) is 0 Å². The highest BCUT2D eigenvalue weighted by molar-refractivity contribution is 6.76. The zero-order valence-corrected chi connectivity index (χ0v) is 18.0. The molecule has 3 rings (SSSR count). The van der Waals surface area contributed by atoms with Crippen LogP contribution < -0.4 is 15.0 Å². The number of aromatic nitrogens is 1. The van der Waals surface area contributed by atoms with E-state index >= 15 is 0 Å². The maximum absolute atomic E-state index is 14.9. The molecule has 0 bridgehead atoms. The number of halogens is 1. The molecule has 0 aliphatic heterocycles. The topological polar surface area (TPSA) is 49.7 Å². The van der Waals surface area contributed by atoms with Gasteiger partial charge >= 0.3 is 0 Å². The van der Waals surface area contributed by atoms with E-state index in [0.717, 1.165) is 6.04 Å². The van der Waals surface area contributed by atoms with Crippen LogP contribution in [0.4, 0.5) is 4.39 Å². The number of nitrogens with zero attached hydrogens (tertiary/aromatic N) is 1. The number of pyridine rings is 1. The quantitative estimate of drug-likeness (QED) is 0.328. The van der Waals surface area contributed by atoms with Crippen LogP contribution in [0.15, 0.2) is 35.1 Å². The third kappa shape index (κ3) is 4.05. The summed E-state index contributed by atoms with van der Waals surface area (Å²) in [6.07, 6.45) is 0. The summed E-state index contributed by atoms with van der Waals surface area (Å²) < 4.78 is 32.7. The molecule has 3 aromatic rings. The fourth-order valence-electron chi connectivity index (χ4n) is 3.13. The fraction of sp³-hybridized carbons (Fsp3) is 0.381. The van der Waals surface area contributed by atoms with Crippen LogP contribution in [-0.2, 0) is 11.5 Å². The van der Waals surface area contributed by atoms with Crippen molar-refractivity contribution in [3.8, 4) is 11.5 Å². The van der Waals surface area contributed by atoms with Gasteiger partial charge in [-0.15, -0.1) is 0 Å². The van der Waals surface area contributed by atoms with Gasteiger partial charge in [-0.05, 0) is 29.6 Å². The first-order valence-corrected chi connectivity index (χ1v) is 12.9. The molecule has 0 aliphatic carbocycles. The molecular weight excluding hydrogens is 377 g/mol. The van der Waals surface area contributed by atoms with Crippen molar-refractivity contribution < 1.29 is 18.6 Å². The van der Waals surface area contributed by atoms with Gasteiger partial charge < -0.3 is 14.2 Å². The summed E-state index contributed by atoms with van der Waals surface area (Å²) in [7, 11) is 1.75. The molecule has 7 heteroatoms. The molecule has 0 unspecified atom stereocenters. The smallest absolute Gasteiger partial charge is 0.260 e. The first-order chi connectivity index (χ1) is 13.2. The highest BCUT2D eigenvalue weighted by atomic mass is 28.3. The standard InChI is InChI=1S/C21H26FNO4Si/c1-25-14-6-7-16-17(10-14)21(24)23(13-27-8-9-28(3,4)5)19-12-15(26-2)11-18(22)20(16)19/h6-7,10-12H,8-9,13H2,1-5H3. The van der Waals surface area contributed by atoms with Crippen molar-refractivity contribution in [1.82, 2.24) is 4.57 Å². The SMILES string of the molecule is COc1ccc2c(c1)c(=O)n(COCC[Si](C)(C)C)c1cc(OC)cc(F)c21. The van der Waals surface area contributed by atoms with Gasteiger partial charge in [0, 0.05) is 32.2 Å². The van der Waals surface area contributed by atoms with Crippen molar-refractivity contribution in [1.29, 1.82) is 0 Å². The Labute approximate surface area is 164 Å². The van der Waals surface area contributed by atoms with E-state index in [4.69, 9.17) is 14.2 Å². The fourth-order valence-corrected chi connectivity index (χ4v) is 3.88. The van der Waals surface area contributed by atoms with Crippen LogP contribution in [0.25, 0.3) is 21.7 Å². The Morgan fingerprint density at radius 2 is 1.71 bits per heavy atom. The van der Waals surface area contributed by atoms with Crippen LogP contribution in [0.5, 0.6) is 11.5 Å². The first-order valence-electron chi connectivity index (χ1n) is 9.20. The molecule has 0 amide bonds. The van der Waals surface area contributed by atoms with E-state index in [1.54, 1.807) is 24.3 Å². The molecule has 0 radical (unpaired) electrons. The van der Waals surface area contributed by atoms with E-state index in [9.17, 15) is 9.18 Å². The Balaban J connectivity index is 2.19. The lowest BCUT2D eigenvalue weighted by Gasteiger charge is -2.18. The molecule has 0 aliphatic rings. The minimum Gasteiger partial charge on any atom is -0.497 e. The van der Waals surface area contributed by atoms with E-state index in [-0.39, 0.29) is 12.3 Å². The largest absolute Gasteiger partial charge is 0.497 e. The van der Waals surface area contributed by atoms with E-state index < -0.39 is 13.9 Å². The number of fused-ring (bicyclic) bond motifs is 3. The Bertz CT molecular complexity index is 1070. The Kier molecular flexibility index (Phi) is 5.76. The summed E-state index contributed by atoms with van der Waals surface area (Å²) in [6, 6.07) is 9.06. The number of hydrogen-bond donors (Lipinski definition) is 0. The predicted molar refractivity (Wildman–Crippen MR) is 113 cm³/mol. The Hall–Kier alpha value is -2.38. The van der Waals surface area contributed by atoms with Gasteiger partial charge in [0.2, 0.25) is 0 Å². The Morgan fingerprint density at radius 3 is 2.36 bits per heavy atom. The van der Waals surface area contributed by atoms with Gasteiger partial charge in [0.05, 0.1) is 25.1 Å². The number of methoxy groups -OCH3 is 2. The summed E-state index contributed by atoms with van der Waals surface area (Å²) >= 11 is 0. The molecule has 0 fully saturated rings. The molecule has 0 N–H and O–H groups in total. The van der Waals surface area contributed by atoms with Crippen molar-refractivity contribution in [3.05, 3.63) is 46.5 Å². The molecular formula is C21H26FNO4Si. The van der Waals surface area contributed by atoms with Gasteiger partial charge in [0.25, 0.3) is 5.56 Å². The molecule has 28 heavy (non-hydrogen) atoms. The van der Waals surface area contributed by atoms with Crippen LogP contribution in [0, 0.1) is 5.82 Å². The van der Waals surface area contributed by atoms with E-state index in [0.29, 0.717) is 39.8 Å². The lowest BCUT2D eigenvalue weighted by atomic mass is 10.0. The predicted octanol–water partition coefficient (Wildman–Crippen LogP) is 4.62. The molecule has 150 valence electrons. The number of rotatable bonds is 7. The second-order valence-corrected chi connectivity index (χ2v) is 13.6. The normalized spacial score (nSPS) is 11.9. The molecule has 0 atom stereocenters. The Morgan fingerprint density at radius 1 is 1.00 bits per heavy atom. The first kappa shape index (κ1) is 20.4. The third-order valence-corrected chi connectivity index (χ3v) is 6.46. The van der Waals surface area contributed by atoms with Crippen molar-refractivity contribution in [2.75, 3.05) is 20.8 Å². The zero-order chi connectivity index (χ0) is 20.5. The van der Waals surface area contributed by atoms with Gasteiger partial charge in [0.15, 0.2) is 0 Å². The van der Waals surface area contributed by atoms with Gasteiger partial charge in [-0.2, -0.15) is 0 Å². The maximum atomic E-state index is 14.9. The van der Waals surface area contributed by atoms with Crippen LogP contribution in [0.1, 0.15) is 0 Å². The molecule has 0 spiro atoms. The molecule has 5 nitrogen and oxygen atoms in total. The second-order valence-electron chi connectivity index (χ2n) is 8.00. The molecule has 2 aromatic carbocycles. The average Bonchev–Trinajstić information content (AvgIpc) is 2.65. The third-order valence-electron chi connectivity index (χ3n) is 4.76. The summed E-state index contributed by atoms with van der Waals surface area (Å²) in [5.74, 6) is 0.456. The minimum absolute atomic E-state index is 0.0551. The summed E-state index contributed by atoms with van der Waals surface area (Å²) in [5, 5.41) is 1.30. The van der Waals surface area contributed by atoms with E-state index in [2.05, 4.69) is 19.6 Å². The summed E-state index contributed by atoms with van der Waals surface area (Å²) in [4.78, 5) is 13.2. The van der Waals surface area contributed by atoms with Crippen molar-refractivity contribution in [2.45, 2.75) is 32.4 Å². The van der Waals surface area contributed by atoms with E-state index in [1.807, 2.05) is 0 Å². The monoisotopic (exact) mass is 403 g/mol. The van der Waals surface area contributed by atoms with Crippen LogP contribution in [0.3, 0.4) is 0 Å². The van der Waals surface area contributed by atoms with Crippen molar-refractivity contribution in [3.63, 3.8) is 0 Å². The zero-order valence-electron chi connectivity index (χ0n) is 17.0. The molecule has 1 aromatic heterocycles. The van der Waals surface area contributed by atoms with Gasteiger partial charge in [-0.1, -0.05) is 19.6 Å². The minimum atomic E-state index is -1.25. The molecule has 1 heterocycles. The highest BCUT2D eigenvalue weighted by Gasteiger charge is 2.17. The molecule has 0 saturated heterocycles. The molecule has 0 saturated carbocycles. The highest BCUT2D eigenvalue weighted by Crippen LogP contribution is 2.31. The number of benzene rings is 2. The lowest BCUT2D eigenvalue weighted by molar-refractivity contribution is 0.0881.